The Morgan fingerprint density at radius 1 is 1.04 bits per heavy atom. The van der Waals surface area contributed by atoms with Gasteiger partial charge in [0.1, 0.15) is 17.5 Å². The van der Waals surface area contributed by atoms with Crippen LogP contribution in [0.2, 0.25) is 0 Å². The molecule has 1 heterocycles. The van der Waals surface area contributed by atoms with Gasteiger partial charge < -0.3 is 15.5 Å². The number of rotatable bonds is 3. The molecule has 3 rings (SSSR count). The van der Waals surface area contributed by atoms with Gasteiger partial charge in [0.15, 0.2) is 0 Å². The Hall–Kier alpha value is -3.03. The first-order valence-corrected chi connectivity index (χ1v) is 7.51. The van der Waals surface area contributed by atoms with Gasteiger partial charge in [0.05, 0.1) is 11.7 Å². The van der Waals surface area contributed by atoms with Crippen molar-refractivity contribution in [1.82, 2.24) is 5.32 Å². The minimum atomic E-state index is -0.898. The first-order valence-electron chi connectivity index (χ1n) is 7.51. The zero-order valence-electron chi connectivity index (χ0n) is 12.9. The lowest BCUT2D eigenvalue weighted by molar-refractivity contribution is -0.117. The number of carbonyl (C=O) groups excluding carboxylic acids is 2. The van der Waals surface area contributed by atoms with E-state index >= 15 is 0 Å². The molecule has 0 spiro atoms. The van der Waals surface area contributed by atoms with Gasteiger partial charge in [0.2, 0.25) is 5.91 Å². The van der Waals surface area contributed by atoms with Gasteiger partial charge in [0, 0.05) is 24.7 Å². The van der Waals surface area contributed by atoms with E-state index in [2.05, 4.69) is 10.6 Å². The summed E-state index contributed by atoms with van der Waals surface area (Å²) in [5.41, 5.74) is 0.360. The van der Waals surface area contributed by atoms with E-state index in [1.165, 1.54) is 29.2 Å². The first kappa shape index (κ1) is 16.8. The second kappa shape index (κ2) is 6.84. The van der Waals surface area contributed by atoms with Crippen LogP contribution in [0, 0.1) is 17.5 Å². The van der Waals surface area contributed by atoms with E-state index in [9.17, 15) is 22.8 Å². The van der Waals surface area contributed by atoms with Crippen LogP contribution in [0.1, 0.15) is 6.42 Å². The van der Waals surface area contributed by atoms with Gasteiger partial charge in [-0.15, -0.1) is 0 Å². The van der Waals surface area contributed by atoms with Crippen molar-refractivity contribution < 1.29 is 22.8 Å². The molecule has 5 nitrogen and oxygen atoms in total. The highest BCUT2D eigenvalue weighted by molar-refractivity contribution is 5.97. The summed E-state index contributed by atoms with van der Waals surface area (Å²) in [5.74, 6) is -2.28. The van der Waals surface area contributed by atoms with Gasteiger partial charge in [-0.3, -0.25) is 4.79 Å². The SMILES string of the molecule is O=C(Nc1ccc(F)cc1F)NC1CC(=O)N(c2ccc(F)cc2)C1. The van der Waals surface area contributed by atoms with E-state index in [4.69, 9.17) is 0 Å². The number of urea groups is 1. The van der Waals surface area contributed by atoms with E-state index in [-0.39, 0.29) is 24.6 Å². The summed E-state index contributed by atoms with van der Waals surface area (Å²) in [7, 11) is 0. The van der Waals surface area contributed by atoms with Gasteiger partial charge in [0.25, 0.3) is 0 Å². The summed E-state index contributed by atoms with van der Waals surface area (Å²) >= 11 is 0. The molecular weight excluding hydrogens is 335 g/mol. The number of anilines is 2. The van der Waals surface area contributed by atoms with Crippen molar-refractivity contribution in [2.45, 2.75) is 12.5 Å². The van der Waals surface area contributed by atoms with Crippen molar-refractivity contribution in [3.05, 3.63) is 59.9 Å². The maximum atomic E-state index is 13.5. The average Bonchev–Trinajstić information content (AvgIpc) is 2.91. The van der Waals surface area contributed by atoms with Crippen molar-refractivity contribution in [2.24, 2.45) is 0 Å². The number of nitrogens with zero attached hydrogens (tertiary/aromatic N) is 1. The molecule has 1 saturated heterocycles. The second-order valence-corrected chi connectivity index (χ2v) is 5.60. The van der Waals surface area contributed by atoms with Gasteiger partial charge >= 0.3 is 6.03 Å². The molecule has 25 heavy (non-hydrogen) atoms. The van der Waals surface area contributed by atoms with Crippen LogP contribution >= 0.6 is 0 Å². The van der Waals surface area contributed by atoms with Gasteiger partial charge in [-0.1, -0.05) is 0 Å². The van der Waals surface area contributed by atoms with Crippen LogP contribution < -0.4 is 15.5 Å². The molecule has 1 unspecified atom stereocenters. The third-order valence-corrected chi connectivity index (χ3v) is 3.78. The fourth-order valence-corrected chi connectivity index (χ4v) is 2.61. The molecule has 2 N–H and O–H groups in total. The Labute approximate surface area is 141 Å². The minimum Gasteiger partial charge on any atom is -0.333 e. The summed E-state index contributed by atoms with van der Waals surface area (Å²) in [6, 6.07) is 7.03. The second-order valence-electron chi connectivity index (χ2n) is 5.60. The lowest BCUT2D eigenvalue weighted by Gasteiger charge is -2.17. The summed E-state index contributed by atoms with van der Waals surface area (Å²) in [6.45, 7) is 0.212. The van der Waals surface area contributed by atoms with Crippen LogP contribution in [-0.2, 0) is 4.79 Å². The average molecular weight is 349 g/mol. The number of hydrogen-bond donors (Lipinski definition) is 2. The number of amides is 3. The Bertz CT molecular complexity index is 811. The molecule has 0 saturated carbocycles. The number of carbonyl (C=O) groups is 2. The molecule has 2 aromatic rings. The number of halogens is 3. The Kier molecular flexibility index (Phi) is 4.60. The van der Waals surface area contributed by atoms with Crippen LogP contribution in [0.3, 0.4) is 0 Å². The molecular formula is C17H14F3N3O2. The van der Waals surface area contributed by atoms with Crippen LogP contribution in [0.25, 0.3) is 0 Å². The van der Waals surface area contributed by atoms with Crippen molar-refractivity contribution in [3.8, 4) is 0 Å². The molecule has 1 aliphatic heterocycles. The molecule has 1 fully saturated rings. The molecule has 130 valence electrons. The third-order valence-electron chi connectivity index (χ3n) is 3.78. The van der Waals surface area contributed by atoms with Crippen LogP contribution in [-0.4, -0.2) is 24.5 Å². The molecule has 0 aromatic heterocycles. The Morgan fingerprint density at radius 2 is 1.72 bits per heavy atom. The van der Waals surface area contributed by atoms with Gasteiger partial charge in [-0.2, -0.15) is 0 Å². The summed E-state index contributed by atoms with van der Waals surface area (Å²) in [5, 5.41) is 4.83. The zero-order valence-corrected chi connectivity index (χ0v) is 12.9. The van der Waals surface area contributed by atoms with Crippen molar-refractivity contribution in [1.29, 1.82) is 0 Å². The predicted molar refractivity (Wildman–Crippen MR) is 85.7 cm³/mol. The fourth-order valence-electron chi connectivity index (χ4n) is 2.61. The molecule has 0 aliphatic carbocycles. The number of nitrogens with one attached hydrogen (secondary N) is 2. The highest BCUT2D eigenvalue weighted by Gasteiger charge is 2.31. The number of hydrogen-bond acceptors (Lipinski definition) is 2. The van der Waals surface area contributed by atoms with Crippen LogP contribution in [0.15, 0.2) is 42.5 Å². The lowest BCUT2D eigenvalue weighted by Crippen LogP contribution is -2.39. The molecule has 0 bridgehead atoms. The molecule has 3 amide bonds. The largest absolute Gasteiger partial charge is 0.333 e. The van der Waals surface area contributed by atoms with Crippen molar-refractivity contribution >= 4 is 23.3 Å². The van der Waals surface area contributed by atoms with Crippen LogP contribution in [0.4, 0.5) is 29.3 Å². The number of benzene rings is 2. The molecule has 1 aliphatic rings. The fraction of sp³-hybridized carbons (Fsp3) is 0.176. The lowest BCUT2D eigenvalue weighted by atomic mass is 10.2. The van der Waals surface area contributed by atoms with Crippen molar-refractivity contribution in [3.63, 3.8) is 0 Å². The van der Waals surface area contributed by atoms with E-state index in [1.807, 2.05) is 0 Å². The van der Waals surface area contributed by atoms with Gasteiger partial charge in [-0.25, -0.2) is 18.0 Å². The molecule has 8 heteroatoms. The first-order chi connectivity index (χ1) is 11.9. The van der Waals surface area contributed by atoms with Crippen molar-refractivity contribution in [2.75, 3.05) is 16.8 Å². The monoisotopic (exact) mass is 349 g/mol. The van der Waals surface area contributed by atoms with E-state index in [1.54, 1.807) is 0 Å². The van der Waals surface area contributed by atoms with Crippen LogP contribution in [0.5, 0.6) is 0 Å². The highest BCUT2D eigenvalue weighted by atomic mass is 19.1. The Morgan fingerprint density at radius 3 is 2.40 bits per heavy atom. The molecule has 2 aromatic carbocycles. The molecule has 1 atom stereocenters. The topological polar surface area (TPSA) is 61.4 Å². The van der Waals surface area contributed by atoms with E-state index in [0.717, 1.165) is 12.1 Å². The molecule has 0 radical (unpaired) electrons. The maximum absolute atomic E-state index is 13.5. The maximum Gasteiger partial charge on any atom is 0.319 e. The van der Waals surface area contributed by atoms with E-state index in [0.29, 0.717) is 11.8 Å². The summed E-state index contributed by atoms with van der Waals surface area (Å²) in [4.78, 5) is 25.4. The zero-order chi connectivity index (χ0) is 18.0. The van der Waals surface area contributed by atoms with Gasteiger partial charge in [-0.05, 0) is 36.4 Å². The summed E-state index contributed by atoms with van der Waals surface area (Å²) in [6.07, 6.45) is 0.0662. The van der Waals surface area contributed by atoms with E-state index < -0.39 is 29.5 Å². The smallest absolute Gasteiger partial charge is 0.319 e. The standard InChI is InChI=1S/C17H14F3N3O2/c18-10-1-4-13(5-2-10)23-9-12(8-16(23)24)21-17(25)22-15-6-3-11(19)7-14(15)20/h1-7,12H,8-9H2,(H2,21,22,25). The normalized spacial score (nSPS) is 16.8. The third kappa shape index (κ3) is 3.90. The Balaban J connectivity index is 1.61. The highest BCUT2D eigenvalue weighted by Crippen LogP contribution is 2.22. The quantitative estimate of drug-likeness (QED) is 0.895. The predicted octanol–water partition coefficient (Wildman–Crippen LogP) is 3.03. The summed E-state index contributed by atoms with van der Waals surface area (Å²) < 4.78 is 39.3. The minimum absolute atomic E-state index is 0.0662.